The Morgan fingerprint density at radius 1 is 1.09 bits per heavy atom. The van der Waals surface area contributed by atoms with Crippen LogP contribution in [0, 0.1) is 17.2 Å². The predicted molar refractivity (Wildman–Crippen MR) is 169 cm³/mol. The Kier molecular flexibility index (Phi) is 9.81. The van der Waals surface area contributed by atoms with E-state index in [2.05, 4.69) is 24.5 Å². The molecule has 1 aromatic carbocycles. The molecule has 1 amide bonds. The van der Waals surface area contributed by atoms with Crippen molar-refractivity contribution < 1.29 is 22.3 Å². The Balaban J connectivity index is 1.18. The number of nitrogens with zero attached hydrogens (tertiary/aromatic N) is 5. The lowest BCUT2D eigenvalue weighted by molar-refractivity contribution is 0.0618. The summed E-state index contributed by atoms with van der Waals surface area (Å²) in [6.07, 6.45) is 10.5. The summed E-state index contributed by atoms with van der Waals surface area (Å²) in [5, 5.41) is 0. The van der Waals surface area contributed by atoms with Gasteiger partial charge in [0.25, 0.3) is 5.91 Å². The smallest absolute Gasteiger partial charge is 0.258 e. The number of likely N-dealkylation sites (tertiary alicyclic amines) is 1. The SMILES string of the molecule is CC(C)N(C(=O)c1cc(F)ccc1Oc1cncnc1N1CC2(CCN(C[C@H]3CC[C@H](NS(C)(=O)=O)CC3)CC2)C1)C(C)C. The highest BCUT2D eigenvalue weighted by atomic mass is 32.2. The van der Waals surface area contributed by atoms with E-state index in [4.69, 9.17) is 4.74 Å². The lowest BCUT2D eigenvalue weighted by atomic mass is 9.71. The average molecular weight is 631 g/mol. The van der Waals surface area contributed by atoms with Gasteiger partial charge in [0.2, 0.25) is 10.0 Å². The Morgan fingerprint density at radius 3 is 2.36 bits per heavy atom. The molecule has 0 radical (unpaired) electrons. The van der Waals surface area contributed by atoms with Gasteiger partial charge < -0.3 is 19.4 Å². The van der Waals surface area contributed by atoms with Crippen molar-refractivity contribution in [2.45, 2.75) is 84.3 Å². The molecule has 1 N–H and O–H groups in total. The molecule has 5 rings (SSSR count). The van der Waals surface area contributed by atoms with E-state index in [0.717, 1.165) is 71.2 Å². The Morgan fingerprint density at radius 2 is 1.75 bits per heavy atom. The first-order valence-electron chi connectivity index (χ1n) is 15.9. The van der Waals surface area contributed by atoms with Crippen molar-refractivity contribution in [1.82, 2.24) is 24.5 Å². The van der Waals surface area contributed by atoms with E-state index in [-0.39, 0.29) is 40.8 Å². The van der Waals surface area contributed by atoms with Gasteiger partial charge in [-0.1, -0.05) is 0 Å². The summed E-state index contributed by atoms with van der Waals surface area (Å²) >= 11 is 0. The molecule has 1 aliphatic carbocycles. The molecule has 3 aliphatic rings. The molecule has 12 heteroatoms. The lowest BCUT2D eigenvalue weighted by Gasteiger charge is -2.54. The average Bonchev–Trinajstić information content (AvgIpc) is 2.93. The second-order valence-electron chi connectivity index (χ2n) is 13.6. The van der Waals surface area contributed by atoms with Crippen molar-refractivity contribution in [2.24, 2.45) is 11.3 Å². The van der Waals surface area contributed by atoms with Gasteiger partial charge in [0.05, 0.1) is 18.0 Å². The number of benzene rings is 1. The van der Waals surface area contributed by atoms with Crippen molar-refractivity contribution in [3.63, 3.8) is 0 Å². The molecule has 10 nitrogen and oxygen atoms in total. The van der Waals surface area contributed by atoms with Crippen LogP contribution in [0.1, 0.15) is 76.6 Å². The first-order valence-corrected chi connectivity index (χ1v) is 17.8. The van der Waals surface area contributed by atoms with Crippen LogP contribution in [0.25, 0.3) is 0 Å². The third-order valence-electron chi connectivity index (χ3n) is 9.41. The molecule has 3 fully saturated rings. The third kappa shape index (κ3) is 7.69. The molecule has 0 bridgehead atoms. The first kappa shape index (κ1) is 32.6. The number of carbonyl (C=O) groups excluding carboxylic acids is 1. The standard InChI is InChI=1S/C32H47FN6O4S/c1-22(2)39(23(3)4)31(40)27-16-25(33)8-11-28(27)43-29-17-34-21-35-30(29)38-19-32(20-38)12-14-37(15-13-32)18-24-6-9-26(10-7-24)36-44(5,41)42/h8,11,16-17,21-24,26,36H,6-7,9-10,12-15,18-20H2,1-5H3/t24-,26-. The fourth-order valence-corrected chi connectivity index (χ4v) is 8.11. The molecule has 2 aromatic rings. The van der Waals surface area contributed by atoms with Crippen LogP contribution >= 0.6 is 0 Å². The van der Waals surface area contributed by atoms with Gasteiger partial charge in [-0.15, -0.1) is 0 Å². The van der Waals surface area contributed by atoms with Gasteiger partial charge in [-0.25, -0.2) is 27.5 Å². The number of halogens is 1. The number of hydrogen-bond acceptors (Lipinski definition) is 8. The number of amides is 1. The number of piperidine rings is 1. The van der Waals surface area contributed by atoms with Gasteiger partial charge in [0.15, 0.2) is 11.6 Å². The minimum Gasteiger partial charge on any atom is -0.451 e. The largest absolute Gasteiger partial charge is 0.451 e. The number of ether oxygens (including phenoxy) is 1. The fourth-order valence-electron chi connectivity index (χ4n) is 7.27. The summed E-state index contributed by atoms with van der Waals surface area (Å²) in [5.41, 5.74) is 0.414. The summed E-state index contributed by atoms with van der Waals surface area (Å²) in [6, 6.07) is 4.00. The summed E-state index contributed by atoms with van der Waals surface area (Å²) < 4.78 is 46.5. The Labute approximate surface area is 261 Å². The maximum atomic E-state index is 14.3. The molecule has 242 valence electrons. The highest BCUT2D eigenvalue weighted by Gasteiger charge is 2.46. The Hall–Kier alpha value is -2.83. The van der Waals surface area contributed by atoms with Crippen LogP contribution < -0.4 is 14.4 Å². The van der Waals surface area contributed by atoms with E-state index in [9.17, 15) is 17.6 Å². The summed E-state index contributed by atoms with van der Waals surface area (Å²) in [4.78, 5) is 28.7. The van der Waals surface area contributed by atoms with Crippen molar-refractivity contribution in [2.75, 3.05) is 43.9 Å². The van der Waals surface area contributed by atoms with Crippen LogP contribution in [0.2, 0.25) is 0 Å². The van der Waals surface area contributed by atoms with Gasteiger partial charge in [-0.3, -0.25) is 4.79 Å². The normalized spacial score (nSPS) is 22.3. The number of aromatic nitrogens is 2. The molecular formula is C32H47FN6O4S. The number of sulfonamides is 1. The van der Waals surface area contributed by atoms with Gasteiger partial charge >= 0.3 is 0 Å². The topological polar surface area (TPSA) is 108 Å². The third-order valence-corrected chi connectivity index (χ3v) is 10.2. The Bertz CT molecular complexity index is 1410. The molecular weight excluding hydrogens is 583 g/mol. The molecule has 1 aromatic heterocycles. The molecule has 2 aliphatic heterocycles. The van der Waals surface area contributed by atoms with Crippen LogP contribution in [0.4, 0.5) is 10.2 Å². The van der Waals surface area contributed by atoms with Crippen molar-refractivity contribution in [3.05, 3.63) is 42.1 Å². The highest BCUT2D eigenvalue weighted by molar-refractivity contribution is 7.88. The van der Waals surface area contributed by atoms with E-state index in [0.29, 0.717) is 17.5 Å². The first-order chi connectivity index (χ1) is 20.8. The molecule has 3 heterocycles. The fraction of sp³-hybridized carbons (Fsp3) is 0.656. The summed E-state index contributed by atoms with van der Waals surface area (Å²) in [7, 11) is -3.15. The van der Waals surface area contributed by atoms with Crippen molar-refractivity contribution >= 4 is 21.7 Å². The van der Waals surface area contributed by atoms with Crippen molar-refractivity contribution in [3.8, 4) is 11.5 Å². The highest BCUT2D eigenvalue weighted by Crippen LogP contribution is 2.45. The summed E-state index contributed by atoms with van der Waals surface area (Å²) in [5.74, 6) is 1.25. The van der Waals surface area contributed by atoms with E-state index in [1.54, 1.807) is 11.1 Å². The molecule has 0 atom stereocenters. The van der Waals surface area contributed by atoms with E-state index < -0.39 is 15.8 Å². The number of carbonyl (C=O) groups is 1. The molecule has 0 unspecified atom stereocenters. The summed E-state index contributed by atoms with van der Waals surface area (Å²) in [6.45, 7) is 12.7. The van der Waals surface area contributed by atoms with Crippen LogP contribution in [-0.2, 0) is 10.0 Å². The van der Waals surface area contributed by atoms with E-state index in [1.807, 2.05) is 27.7 Å². The zero-order valence-electron chi connectivity index (χ0n) is 26.6. The van der Waals surface area contributed by atoms with Crippen LogP contribution in [0.15, 0.2) is 30.7 Å². The van der Waals surface area contributed by atoms with Crippen LogP contribution in [0.3, 0.4) is 0 Å². The van der Waals surface area contributed by atoms with Crippen LogP contribution in [-0.4, -0.2) is 91.2 Å². The van der Waals surface area contributed by atoms with E-state index in [1.165, 1.54) is 30.8 Å². The van der Waals surface area contributed by atoms with Gasteiger partial charge in [0.1, 0.15) is 17.9 Å². The van der Waals surface area contributed by atoms with E-state index >= 15 is 0 Å². The predicted octanol–water partition coefficient (Wildman–Crippen LogP) is 4.68. The number of nitrogens with one attached hydrogen (secondary N) is 1. The lowest BCUT2D eigenvalue weighted by Crippen LogP contribution is -2.61. The maximum absolute atomic E-state index is 14.3. The van der Waals surface area contributed by atoms with Gasteiger partial charge in [-0.2, -0.15) is 0 Å². The zero-order chi connectivity index (χ0) is 31.6. The number of rotatable bonds is 10. The monoisotopic (exact) mass is 630 g/mol. The van der Waals surface area contributed by atoms with Gasteiger partial charge in [0, 0.05) is 43.2 Å². The quantitative estimate of drug-likeness (QED) is 0.404. The van der Waals surface area contributed by atoms with Gasteiger partial charge in [-0.05, 0) is 103 Å². The minimum atomic E-state index is -3.15. The van der Waals surface area contributed by atoms with Crippen molar-refractivity contribution in [1.29, 1.82) is 0 Å². The maximum Gasteiger partial charge on any atom is 0.258 e. The minimum absolute atomic E-state index is 0.0582. The number of anilines is 1. The second kappa shape index (κ2) is 13.3. The molecule has 1 spiro atoms. The number of hydrogen-bond donors (Lipinski definition) is 1. The molecule has 2 saturated heterocycles. The van der Waals surface area contributed by atoms with Crippen LogP contribution in [0.5, 0.6) is 11.5 Å². The second-order valence-corrected chi connectivity index (χ2v) is 15.4. The molecule has 1 saturated carbocycles. The molecule has 44 heavy (non-hydrogen) atoms. The zero-order valence-corrected chi connectivity index (χ0v) is 27.4.